The molecule has 3 heteroatoms. The zero-order chi connectivity index (χ0) is 20.9. The van der Waals surface area contributed by atoms with Gasteiger partial charge in [-0.15, -0.1) is 0 Å². The topological polar surface area (TPSA) is 9.23 Å². The molecule has 0 unspecified atom stereocenters. The maximum atomic E-state index is 6.13. The molecule has 0 aliphatic heterocycles. The molecule has 154 valence electrons. The van der Waals surface area contributed by atoms with Crippen LogP contribution in [0.2, 0.25) is 0 Å². The van der Waals surface area contributed by atoms with E-state index in [-0.39, 0.29) is 42.4 Å². The molecule has 0 spiro atoms. The summed E-state index contributed by atoms with van der Waals surface area (Å²) >= 11 is -0.309. The summed E-state index contributed by atoms with van der Waals surface area (Å²) in [6, 6.07) is 32.9. The van der Waals surface area contributed by atoms with Gasteiger partial charge in [0, 0.05) is 0 Å². The van der Waals surface area contributed by atoms with Gasteiger partial charge in [-0.2, -0.15) is 0 Å². The van der Waals surface area contributed by atoms with Gasteiger partial charge in [0.15, 0.2) is 0 Å². The van der Waals surface area contributed by atoms with Gasteiger partial charge < -0.3 is 0 Å². The molecular formula is C27H24I2O-2. The normalized spacial score (nSPS) is 11.0. The Morgan fingerprint density at radius 2 is 0.967 bits per heavy atom. The third-order valence-corrected chi connectivity index (χ3v) is 10.4. The molecule has 30 heavy (non-hydrogen) atoms. The van der Waals surface area contributed by atoms with Crippen molar-refractivity contribution >= 4 is 0 Å². The van der Waals surface area contributed by atoms with E-state index in [4.69, 9.17) is 4.74 Å². The molecule has 4 aromatic carbocycles. The van der Waals surface area contributed by atoms with Gasteiger partial charge in [-0.25, -0.2) is 0 Å². The van der Waals surface area contributed by atoms with Gasteiger partial charge in [0.05, 0.1) is 0 Å². The van der Waals surface area contributed by atoms with E-state index in [1.54, 1.807) is 0 Å². The zero-order valence-corrected chi connectivity index (χ0v) is 21.6. The van der Waals surface area contributed by atoms with Gasteiger partial charge in [-0.1, -0.05) is 0 Å². The Bertz CT molecular complexity index is 1120. The van der Waals surface area contributed by atoms with E-state index in [0.717, 1.165) is 11.5 Å². The molecule has 0 aliphatic rings. The molecule has 0 aromatic heterocycles. The summed E-state index contributed by atoms with van der Waals surface area (Å²) in [5.74, 6) is 1.80. The Morgan fingerprint density at radius 1 is 0.500 bits per heavy atom. The van der Waals surface area contributed by atoms with Crippen molar-refractivity contribution in [3.05, 3.63) is 122 Å². The zero-order valence-electron chi connectivity index (χ0n) is 17.3. The monoisotopic (exact) mass is 618 g/mol. The summed E-state index contributed by atoms with van der Waals surface area (Å²) in [5.41, 5.74) is 3.94. The Morgan fingerprint density at radius 3 is 1.50 bits per heavy atom. The van der Waals surface area contributed by atoms with Gasteiger partial charge in [0.25, 0.3) is 0 Å². The molecule has 1 nitrogen and oxygen atoms in total. The number of benzene rings is 4. The second-order valence-corrected chi connectivity index (χ2v) is 13.2. The Hall–Kier alpha value is -1.86. The van der Waals surface area contributed by atoms with E-state index in [0.29, 0.717) is 0 Å². The Labute approximate surface area is 200 Å². The van der Waals surface area contributed by atoms with E-state index >= 15 is 0 Å². The predicted octanol–water partition coefficient (Wildman–Crippen LogP) is 0.661. The minimum absolute atomic E-state index is 0.146. The van der Waals surface area contributed by atoms with Crippen molar-refractivity contribution in [2.75, 3.05) is 0 Å². The molecule has 0 bridgehead atoms. The quantitative estimate of drug-likeness (QED) is 0.289. The van der Waals surface area contributed by atoms with Crippen LogP contribution in [-0.2, 0) is 0 Å². The molecule has 0 atom stereocenters. The second-order valence-electron chi connectivity index (χ2n) is 7.25. The summed E-state index contributed by atoms with van der Waals surface area (Å²) in [5, 5.41) is 0. The van der Waals surface area contributed by atoms with E-state index < -0.39 is 0 Å². The molecule has 4 aromatic rings. The predicted molar refractivity (Wildman–Crippen MR) is 115 cm³/mol. The summed E-state index contributed by atoms with van der Waals surface area (Å²) in [7, 11) is 0. The summed E-state index contributed by atoms with van der Waals surface area (Å²) < 4.78 is 11.9. The maximum absolute atomic E-state index is 6.13. The van der Waals surface area contributed by atoms with Crippen molar-refractivity contribution < 1.29 is 47.1 Å². The van der Waals surface area contributed by atoms with Gasteiger partial charge in [-0.3, -0.25) is 0 Å². The molecule has 0 amide bonds. The van der Waals surface area contributed by atoms with E-state index in [2.05, 4.69) is 112 Å². The van der Waals surface area contributed by atoms with Crippen LogP contribution in [-0.4, -0.2) is 0 Å². The fourth-order valence-corrected chi connectivity index (χ4v) is 7.41. The first-order chi connectivity index (χ1) is 14.5. The molecule has 0 N–H and O–H groups in total. The third kappa shape index (κ3) is 5.85. The molecule has 0 aliphatic carbocycles. The molecule has 0 radical (unpaired) electrons. The summed E-state index contributed by atoms with van der Waals surface area (Å²) in [6.07, 6.45) is 0. The van der Waals surface area contributed by atoms with Crippen molar-refractivity contribution in [1.29, 1.82) is 0 Å². The van der Waals surface area contributed by atoms with Crippen LogP contribution in [0.15, 0.2) is 91.0 Å². The van der Waals surface area contributed by atoms with Crippen molar-refractivity contribution in [2.24, 2.45) is 0 Å². The summed E-state index contributed by atoms with van der Waals surface area (Å²) in [4.78, 5) is 0. The van der Waals surface area contributed by atoms with Gasteiger partial charge in [0.2, 0.25) is 0 Å². The molecule has 4 rings (SSSR count). The molecule has 0 saturated heterocycles. The molecule has 0 heterocycles. The van der Waals surface area contributed by atoms with E-state index in [9.17, 15) is 0 Å². The van der Waals surface area contributed by atoms with Gasteiger partial charge in [-0.05, 0) is 0 Å². The van der Waals surface area contributed by atoms with Crippen LogP contribution < -0.4 is 47.1 Å². The second kappa shape index (κ2) is 9.96. The van der Waals surface area contributed by atoms with Crippen LogP contribution in [0.4, 0.5) is 0 Å². The average Bonchev–Trinajstić information content (AvgIpc) is 2.75. The minimum atomic E-state index is -0.163. The number of aryl methyl sites for hydroxylation is 3. The van der Waals surface area contributed by atoms with Crippen molar-refractivity contribution in [3.63, 3.8) is 0 Å². The van der Waals surface area contributed by atoms with Crippen molar-refractivity contribution in [3.8, 4) is 11.5 Å². The number of halogens is 2. The number of rotatable bonds is 6. The molecule has 0 fully saturated rings. The van der Waals surface area contributed by atoms with Crippen LogP contribution in [0.25, 0.3) is 0 Å². The Balaban J connectivity index is 1.40. The first-order valence-corrected chi connectivity index (χ1v) is 14.2. The SMILES string of the molecule is Cc1ccc([I-]c2ccc(Oc3ccc([I-]c4ccc(C)cc4)c(C)c3)cc2)cc1. The van der Waals surface area contributed by atoms with E-state index in [1.807, 2.05) is 0 Å². The van der Waals surface area contributed by atoms with Crippen LogP contribution in [0, 0.1) is 35.1 Å². The number of hydrogen-bond donors (Lipinski definition) is 0. The average molecular weight is 618 g/mol. The molecular weight excluding hydrogens is 594 g/mol. The van der Waals surface area contributed by atoms with Crippen molar-refractivity contribution in [2.45, 2.75) is 20.8 Å². The third-order valence-electron chi connectivity index (χ3n) is 4.63. The van der Waals surface area contributed by atoms with Gasteiger partial charge in [0.1, 0.15) is 0 Å². The number of ether oxygens (including phenoxy) is 1. The van der Waals surface area contributed by atoms with Crippen LogP contribution >= 0.6 is 0 Å². The van der Waals surface area contributed by atoms with Crippen LogP contribution in [0.5, 0.6) is 11.5 Å². The standard InChI is InChI=1S/C27H24I2O/c1-19-4-8-22(9-5-19)28-23-12-14-25(15-13-23)30-26-16-17-27(21(3)18-26)29-24-10-6-20(2)7-11-24/h4-18H,1-3H3/q-2. The Kier molecular flexibility index (Phi) is 7.10. The molecule has 0 saturated carbocycles. The first kappa shape index (κ1) is 21.4. The summed E-state index contributed by atoms with van der Waals surface area (Å²) in [6.45, 7) is 6.45. The first-order valence-electron chi connectivity index (χ1n) is 9.87. The van der Waals surface area contributed by atoms with Crippen molar-refractivity contribution in [1.82, 2.24) is 0 Å². The number of hydrogen-bond acceptors (Lipinski definition) is 1. The van der Waals surface area contributed by atoms with Crippen LogP contribution in [0.3, 0.4) is 0 Å². The fourth-order valence-electron chi connectivity index (χ4n) is 2.92. The fraction of sp³-hybridized carbons (Fsp3) is 0.111. The van der Waals surface area contributed by atoms with E-state index in [1.165, 1.54) is 31.0 Å². The van der Waals surface area contributed by atoms with Crippen LogP contribution in [0.1, 0.15) is 16.7 Å². The van der Waals surface area contributed by atoms with Gasteiger partial charge >= 0.3 is 201 Å².